The Morgan fingerprint density at radius 2 is 1.58 bits per heavy atom. The van der Waals surface area contributed by atoms with Crippen LogP contribution < -0.4 is 0 Å². The summed E-state index contributed by atoms with van der Waals surface area (Å²) in [5.74, 6) is -0.0814. The largest absolute Gasteiger partial charge is 0.273 e. The molecule has 4 aromatic rings. The molecule has 6 heteroatoms. The van der Waals surface area contributed by atoms with E-state index >= 15 is 0 Å². The third-order valence-corrected chi connectivity index (χ3v) is 6.57. The lowest BCUT2D eigenvalue weighted by Gasteiger charge is -2.20. The van der Waals surface area contributed by atoms with Crippen molar-refractivity contribution < 1.29 is 4.79 Å². The topological polar surface area (TPSA) is 50.5 Å². The van der Waals surface area contributed by atoms with Crippen LogP contribution >= 0.6 is 11.8 Å². The van der Waals surface area contributed by atoms with E-state index in [0.29, 0.717) is 6.42 Å². The van der Waals surface area contributed by atoms with Crippen LogP contribution in [0, 0.1) is 0 Å². The number of benzene rings is 3. The number of aromatic nitrogens is 2. The Labute approximate surface area is 197 Å². The second-order valence-electron chi connectivity index (χ2n) is 7.94. The van der Waals surface area contributed by atoms with Crippen LogP contribution in [0.1, 0.15) is 30.5 Å². The van der Waals surface area contributed by atoms with Crippen molar-refractivity contribution in [1.82, 2.24) is 14.8 Å². The van der Waals surface area contributed by atoms with Crippen LogP contribution in [0.2, 0.25) is 0 Å². The van der Waals surface area contributed by atoms with E-state index in [1.54, 1.807) is 23.7 Å². The molecule has 0 aliphatic carbocycles. The first-order chi connectivity index (χ1) is 16.1. The highest BCUT2D eigenvalue weighted by Crippen LogP contribution is 2.38. The number of para-hydroxylation sites is 1. The minimum absolute atomic E-state index is 0.0814. The van der Waals surface area contributed by atoms with Crippen LogP contribution in [0.25, 0.3) is 16.9 Å². The van der Waals surface area contributed by atoms with Crippen LogP contribution in [0.4, 0.5) is 0 Å². The van der Waals surface area contributed by atoms with Crippen molar-refractivity contribution in [3.63, 3.8) is 0 Å². The molecule has 2 heterocycles. The number of hydrogen-bond acceptors (Lipinski definition) is 4. The molecule has 5 rings (SSSR count). The van der Waals surface area contributed by atoms with Gasteiger partial charge in [0.05, 0.1) is 23.1 Å². The van der Waals surface area contributed by atoms with Crippen molar-refractivity contribution in [3.05, 3.63) is 102 Å². The van der Waals surface area contributed by atoms with Gasteiger partial charge in [0.2, 0.25) is 5.91 Å². The van der Waals surface area contributed by atoms with Gasteiger partial charge in [-0.2, -0.15) is 10.2 Å². The molecule has 1 aromatic heterocycles. The van der Waals surface area contributed by atoms with Crippen LogP contribution in [0.5, 0.6) is 0 Å². The van der Waals surface area contributed by atoms with Crippen molar-refractivity contribution in [3.8, 4) is 16.9 Å². The molecule has 1 atom stereocenters. The molecule has 1 aliphatic rings. The maximum atomic E-state index is 12.6. The molecule has 0 N–H and O–H groups in total. The van der Waals surface area contributed by atoms with Crippen molar-refractivity contribution in [2.24, 2.45) is 5.10 Å². The van der Waals surface area contributed by atoms with Crippen molar-refractivity contribution in [2.75, 3.05) is 6.26 Å². The molecule has 1 unspecified atom stereocenters. The number of rotatable bonds is 5. The minimum atomic E-state index is -0.217. The molecular formula is C27H24N4OS. The zero-order valence-corrected chi connectivity index (χ0v) is 19.4. The Bertz CT molecular complexity index is 1300. The van der Waals surface area contributed by atoms with Gasteiger partial charge in [-0.25, -0.2) is 9.69 Å². The summed E-state index contributed by atoms with van der Waals surface area (Å²) >= 11 is 1.71. The Hall–Kier alpha value is -3.64. The van der Waals surface area contributed by atoms with E-state index in [4.69, 9.17) is 10.2 Å². The fourth-order valence-corrected chi connectivity index (χ4v) is 4.57. The second kappa shape index (κ2) is 9.08. The third kappa shape index (κ3) is 4.22. The third-order valence-electron chi connectivity index (χ3n) is 5.83. The lowest BCUT2D eigenvalue weighted by molar-refractivity contribution is -0.130. The first-order valence-corrected chi connectivity index (χ1v) is 12.1. The summed E-state index contributed by atoms with van der Waals surface area (Å²) in [6.07, 6.45) is 4.74. The van der Waals surface area contributed by atoms with E-state index < -0.39 is 0 Å². The zero-order chi connectivity index (χ0) is 22.8. The van der Waals surface area contributed by atoms with Crippen molar-refractivity contribution >= 4 is 23.4 Å². The Morgan fingerprint density at radius 1 is 0.909 bits per heavy atom. The lowest BCUT2D eigenvalue weighted by Crippen LogP contribution is -2.24. The summed E-state index contributed by atoms with van der Waals surface area (Å²) in [6, 6.07) is 28.3. The molecule has 0 saturated carbocycles. The lowest BCUT2D eigenvalue weighted by atomic mass is 9.96. The van der Waals surface area contributed by atoms with Crippen molar-refractivity contribution in [2.45, 2.75) is 24.3 Å². The molecular weight excluding hydrogens is 428 g/mol. The van der Waals surface area contributed by atoms with E-state index in [0.717, 1.165) is 33.8 Å². The molecule has 5 nitrogen and oxygen atoms in total. The molecule has 0 fully saturated rings. The van der Waals surface area contributed by atoms with Crippen LogP contribution in [-0.4, -0.2) is 32.7 Å². The molecule has 0 radical (unpaired) electrons. The fourth-order valence-electron chi connectivity index (χ4n) is 4.17. The van der Waals surface area contributed by atoms with Gasteiger partial charge in [0.1, 0.15) is 0 Å². The molecule has 0 saturated heterocycles. The first-order valence-electron chi connectivity index (χ1n) is 10.9. The molecule has 164 valence electrons. The first kappa shape index (κ1) is 21.2. The van der Waals surface area contributed by atoms with Gasteiger partial charge in [-0.15, -0.1) is 11.8 Å². The SMILES string of the molecule is CSc1ccc(-c2nn(-c3ccccc3)cc2C2CC(c3ccccc3)=NN2C(C)=O)cc1. The zero-order valence-electron chi connectivity index (χ0n) is 18.6. The number of thioether (sulfide) groups is 1. The van der Waals surface area contributed by atoms with Crippen molar-refractivity contribution in [1.29, 1.82) is 0 Å². The maximum Gasteiger partial charge on any atom is 0.240 e. The van der Waals surface area contributed by atoms with Gasteiger partial charge in [-0.3, -0.25) is 4.79 Å². The summed E-state index contributed by atoms with van der Waals surface area (Å²) in [6.45, 7) is 1.57. The highest BCUT2D eigenvalue weighted by Gasteiger charge is 2.34. The van der Waals surface area contributed by atoms with Gasteiger partial charge < -0.3 is 0 Å². The van der Waals surface area contributed by atoms with Gasteiger partial charge in [-0.1, -0.05) is 60.7 Å². The van der Waals surface area contributed by atoms with Gasteiger partial charge in [0.15, 0.2) is 0 Å². The fraction of sp³-hybridized carbons (Fsp3) is 0.148. The number of nitrogens with zero attached hydrogens (tertiary/aromatic N) is 4. The molecule has 1 aliphatic heterocycles. The summed E-state index contributed by atoms with van der Waals surface area (Å²) in [5.41, 5.74) is 5.80. The van der Waals surface area contributed by atoms with Gasteiger partial charge in [-0.05, 0) is 36.1 Å². The number of hydrazone groups is 1. The number of carbonyl (C=O) groups excluding carboxylic acids is 1. The standard InChI is InChI=1S/C27H24N4OS/c1-19(32)31-26(17-25(28-31)20-9-5-3-6-10-20)24-18-30(22-11-7-4-8-12-22)29-27(24)21-13-15-23(33-2)16-14-21/h3-16,18,26H,17H2,1-2H3. The monoisotopic (exact) mass is 452 g/mol. The Kier molecular flexibility index (Phi) is 5.84. The van der Waals surface area contributed by atoms with Crippen LogP contribution in [0.15, 0.2) is 101 Å². The quantitative estimate of drug-likeness (QED) is 0.351. The predicted octanol–water partition coefficient (Wildman–Crippen LogP) is 5.96. The summed E-state index contributed by atoms with van der Waals surface area (Å²) in [4.78, 5) is 13.8. The predicted molar refractivity (Wildman–Crippen MR) is 134 cm³/mol. The Balaban J connectivity index is 1.61. The molecule has 0 bridgehead atoms. The van der Waals surface area contributed by atoms with Gasteiger partial charge in [0, 0.05) is 35.6 Å². The molecule has 1 amide bonds. The number of amides is 1. The Morgan fingerprint density at radius 3 is 2.21 bits per heavy atom. The maximum absolute atomic E-state index is 12.6. The number of carbonyl (C=O) groups is 1. The second-order valence-corrected chi connectivity index (χ2v) is 8.82. The summed E-state index contributed by atoms with van der Waals surface area (Å²) in [5, 5.41) is 11.3. The van der Waals surface area contributed by atoms with Gasteiger partial charge >= 0.3 is 0 Å². The molecule has 33 heavy (non-hydrogen) atoms. The summed E-state index contributed by atoms with van der Waals surface area (Å²) < 4.78 is 1.89. The smallest absolute Gasteiger partial charge is 0.240 e. The normalized spacial score (nSPS) is 15.5. The van der Waals surface area contributed by atoms with Crippen LogP contribution in [-0.2, 0) is 4.79 Å². The van der Waals surface area contributed by atoms with E-state index in [1.165, 1.54) is 4.90 Å². The minimum Gasteiger partial charge on any atom is -0.273 e. The van der Waals surface area contributed by atoms with Crippen LogP contribution in [0.3, 0.4) is 0 Å². The van der Waals surface area contributed by atoms with E-state index in [9.17, 15) is 4.79 Å². The highest BCUT2D eigenvalue weighted by molar-refractivity contribution is 7.98. The molecule has 0 spiro atoms. The van der Waals surface area contributed by atoms with E-state index in [-0.39, 0.29) is 11.9 Å². The van der Waals surface area contributed by atoms with E-state index in [1.807, 2.05) is 71.5 Å². The average Bonchev–Trinajstić information content (AvgIpc) is 3.50. The van der Waals surface area contributed by atoms with E-state index in [2.05, 4.69) is 30.5 Å². The number of hydrogen-bond donors (Lipinski definition) is 0. The molecule has 3 aromatic carbocycles. The highest BCUT2D eigenvalue weighted by atomic mass is 32.2. The van der Waals surface area contributed by atoms with Gasteiger partial charge in [0.25, 0.3) is 0 Å². The average molecular weight is 453 g/mol. The summed E-state index contributed by atoms with van der Waals surface area (Å²) in [7, 11) is 0.